The molecule has 7 heteroatoms. The summed E-state index contributed by atoms with van der Waals surface area (Å²) >= 11 is 9.41. The minimum atomic E-state index is -0.438. The van der Waals surface area contributed by atoms with Gasteiger partial charge in [0.1, 0.15) is 5.82 Å². The third kappa shape index (κ3) is 4.00. The van der Waals surface area contributed by atoms with E-state index >= 15 is 0 Å². The standard InChI is InChI=1S/C22H19BrClN3O2/c1-12-19(22(29)27-18-10-7-14(23)11-25-18)20(13-5-8-15(24)9-6-13)21-16(26-12)3-2-4-17(21)28/h5-11,20,26H,2-4H2,1H3,(H,25,27,29)/t20-/m0/s1. The third-order valence-electron chi connectivity index (χ3n) is 5.19. The zero-order valence-electron chi connectivity index (χ0n) is 15.8. The van der Waals surface area contributed by atoms with Crippen molar-refractivity contribution in [3.63, 3.8) is 0 Å². The fourth-order valence-corrected chi connectivity index (χ4v) is 4.27. The molecule has 0 saturated heterocycles. The molecule has 2 N–H and O–H groups in total. The van der Waals surface area contributed by atoms with Crippen molar-refractivity contribution in [3.8, 4) is 0 Å². The maximum atomic E-state index is 13.3. The van der Waals surface area contributed by atoms with E-state index in [-0.39, 0.29) is 11.7 Å². The molecule has 148 valence electrons. The summed E-state index contributed by atoms with van der Waals surface area (Å²) in [4.78, 5) is 30.4. The highest BCUT2D eigenvalue weighted by molar-refractivity contribution is 9.10. The molecule has 2 heterocycles. The van der Waals surface area contributed by atoms with Crippen LogP contribution >= 0.6 is 27.5 Å². The van der Waals surface area contributed by atoms with Gasteiger partial charge in [0, 0.05) is 50.6 Å². The van der Waals surface area contributed by atoms with Gasteiger partial charge in [0.05, 0.1) is 0 Å². The minimum absolute atomic E-state index is 0.0817. The monoisotopic (exact) mass is 471 g/mol. The average molecular weight is 473 g/mol. The zero-order chi connectivity index (χ0) is 20.5. The number of carbonyl (C=O) groups is 2. The number of hydrogen-bond donors (Lipinski definition) is 2. The van der Waals surface area contributed by atoms with E-state index in [2.05, 4.69) is 31.5 Å². The van der Waals surface area contributed by atoms with E-state index < -0.39 is 5.92 Å². The Morgan fingerprint density at radius 3 is 2.66 bits per heavy atom. The molecule has 5 nitrogen and oxygen atoms in total. The predicted molar refractivity (Wildman–Crippen MR) is 116 cm³/mol. The molecule has 0 bridgehead atoms. The van der Waals surface area contributed by atoms with Crippen LogP contribution in [0.15, 0.2) is 69.6 Å². The van der Waals surface area contributed by atoms with Crippen molar-refractivity contribution in [1.29, 1.82) is 0 Å². The second kappa shape index (κ2) is 8.13. The van der Waals surface area contributed by atoms with E-state index in [9.17, 15) is 9.59 Å². The lowest BCUT2D eigenvalue weighted by Crippen LogP contribution is -2.35. The van der Waals surface area contributed by atoms with E-state index in [1.54, 1.807) is 24.4 Å². The Morgan fingerprint density at radius 1 is 1.21 bits per heavy atom. The first-order valence-corrected chi connectivity index (χ1v) is 10.5. The number of ketones is 1. The van der Waals surface area contributed by atoms with E-state index in [1.807, 2.05) is 25.1 Å². The van der Waals surface area contributed by atoms with Gasteiger partial charge in [-0.05, 0) is 65.5 Å². The molecule has 1 aromatic heterocycles. The first-order chi connectivity index (χ1) is 13.9. The number of nitrogens with zero attached hydrogens (tertiary/aromatic N) is 1. The van der Waals surface area contributed by atoms with Crippen LogP contribution < -0.4 is 10.6 Å². The highest BCUT2D eigenvalue weighted by Crippen LogP contribution is 2.42. The van der Waals surface area contributed by atoms with Crippen LogP contribution in [-0.2, 0) is 9.59 Å². The van der Waals surface area contributed by atoms with Gasteiger partial charge in [-0.2, -0.15) is 0 Å². The summed E-state index contributed by atoms with van der Waals surface area (Å²) < 4.78 is 0.826. The van der Waals surface area contributed by atoms with E-state index in [1.165, 1.54) is 0 Å². The molecular formula is C22H19BrClN3O2. The molecule has 0 fully saturated rings. The van der Waals surface area contributed by atoms with E-state index in [0.29, 0.717) is 28.4 Å². The van der Waals surface area contributed by atoms with Crippen molar-refractivity contribution in [2.45, 2.75) is 32.1 Å². The summed E-state index contributed by atoms with van der Waals surface area (Å²) in [5, 5.41) is 6.78. The lowest BCUT2D eigenvalue weighted by Gasteiger charge is -2.34. The highest BCUT2D eigenvalue weighted by atomic mass is 79.9. The predicted octanol–water partition coefficient (Wildman–Crippen LogP) is 5.10. The number of anilines is 1. The Hall–Kier alpha value is -2.44. The van der Waals surface area contributed by atoms with Crippen LogP contribution in [-0.4, -0.2) is 16.7 Å². The number of rotatable bonds is 3. The van der Waals surface area contributed by atoms with Crippen LogP contribution in [0, 0.1) is 0 Å². The number of amides is 1. The van der Waals surface area contributed by atoms with Crippen molar-refractivity contribution in [1.82, 2.24) is 10.3 Å². The van der Waals surface area contributed by atoms with E-state index in [4.69, 9.17) is 11.6 Å². The summed E-state index contributed by atoms with van der Waals surface area (Å²) in [7, 11) is 0. The molecule has 1 amide bonds. The average Bonchev–Trinajstić information content (AvgIpc) is 2.69. The van der Waals surface area contributed by atoms with Gasteiger partial charge in [0.2, 0.25) is 0 Å². The van der Waals surface area contributed by atoms with Gasteiger partial charge in [0.25, 0.3) is 5.91 Å². The van der Waals surface area contributed by atoms with Crippen LogP contribution in [0.4, 0.5) is 5.82 Å². The number of dihydropyridines is 1. The largest absolute Gasteiger partial charge is 0.362 e. The molecule has 0 spiro atoms. The van der Waals surface area contributed by atoms with Crippen LogP contribution in [0.1, 0.15) is 37.7 Å². The van der Waals surface area contributed by atoms with Gasteiger partial charge in [-0.1, -0.05) is 23.7 Å². The number of carbonyl (C=O) groups excluding carboxylic acids is 2. The number of halogens is 2. The topological polar surface area (TPSA) is 71.1 Å². The number of aromatic nitrogens is 1. The van der Waals surface area contributed by atoms with Crippen molar-refractivity contribution in [3.05, 3.63) is 80.2 Å². The Kier molecular flexibility index (Phi) is 5.56. The molecule has 1 aliphatic carbocycles. The molecule has 1 aliphatic heterocycles. The van der Waals surface area contributed by atoms with Gasteiger partial charge in [0.15, 0.2) is 5.78 Å². The van der Waals surface area contributed by atoms with Gasteiger partial charge >= 0.3 is 0 Å². The Labute approximate surface area is 182 Å². The molecule has 1 aromatic carbocycles. The lowest BCUT2D eigenvalue weighted by atomic mass is 9.75. The lowest BCUT2D eigenvalue weighted by molar-refractivity contribution is -0.116. The molecule has 2 aromatic rings. The molecule has 0 unspecified atom stereocenters. The molecule has 1 atom stereocenters. The third-order valence-corrected chi connectivity index (χ3v) is 5.91. The summed E-state index contributed by atoms with van der Waals surface area (Å²) in [6.45, 7) is 1.87. The number of hydrogen-bond acceptors (Lipinski definition) is 4. The van der Waals surface area contributed by atoms with Crippen LogP contribution in [0.2, 0.25) is 5.02 Å². The number of benzene rings is 1. The molecule has 2 aliphatic rings. The van der Waals surface area contributed by atoms with E-state index in [0.717, 1.165) is 34.3 Å². The molecule has 4 rings (SSSR count). The Balaban J connectivity index is 1.77. The van der Waals surface area contributed by atoms with Gasteiger partial charge in [-0.3, -0.25) is 9.59 Å². The zero-order valence-corrected chi connectivity index (χ0v) is 18.1. The van der Waals surface area contributed by atoms with Gasteiger partial charge < -0.3 is 10.6 Å². The first kappa shape index (κ1) is 19.9. The number of pyridine rings is 1. The molecular weight excluding hydrogens is 454 g/mol. The summed E-state index contributed by atoms with van der Waals surface area (Å²) in [5.41, 5.74) is 3.72. The van der Waals surface area contributed by atoms with Crippen molar-refractivity contribution in [2.24, 2.45) is 0 Å². The second-order valence-electron chi connectivity index (χ2n) is 7.13. The fraction of sp³-hybridized carbons (Fsp3) is 0.227. The fourth-order valence-electron chi connectivity index (χ4n) is 3.91. The summed E-state index contributed by atoms with van der Waals surface area (Å²) in [5.74, 6) is -0.192. The normalized spacial score (nSPS) is 19.0. The van der Waals surface area contributed by atoms with Crippen LogP contribution in [0.5, 0.6) is 0 Å². The Bertz CT molecular complexity index is 1040. The van der Waals surface area contributed by atoms with Gasteiger partial charge in [-0.15, -0.1) is 0 Å². The van der Waals surface area contributed by atoms with Crippen molar-refractivity contribution in [2.75, 3.05) is 5.32 Å². The maximum Gasteiger partial charge on any atom is 0.255 e. The second-order valence-corrected chi connectivity index (χ2v) is 8.49. The van der Waals surface area contributed by atoms with Crippen LogP contribution in [0.3, 0.4) is 0 Å². The summed E-state index contributed by atoms with van der Waals surface area (Å²) in [6, 6.07) is 10.9. The molecule has 29 heavy (non-hydrogen) atoms. The van der Waals surface area contributed by atoms with Gasteiger partial charge in [-0.25, -0.2) is 4.98 Å². The highest BCUT2D eigenvalue weighted by Gasteiger charge is 2.38. The summed E-state index contributed by atoms with van der Waals surface area (Å²) in [6.07, 6.45) is 3.73. The van der Waals surface area contributed by atoms with Crippen molar-refractivity contribution < 1.29 is 9.59 Å². The van der Waals surface area contributed by atoms with Crippen molar-refractivity contribution >= 4 is 45.0 Å². The number of Topliss-reactive ketones (excluding diaryl/α,β-unsaturated/α-hetero) is 1. The SMILES string of the molecule is CC1=C(C(=O)Nc2ccc(Br)cn2)[C@H](c2ccc(Cl)cc2)C2=C(CCCC2=O)N1. The quantitative estimate of drug-likeness (QED) is 0.652. The molecule has 0 radical (unpaired) electrons. The smallest absolute Gasteiger partial charge is 0.255 e. The first-order valence-electron chi connectivity index (χ1n) is 9.36. The maximum absolute atomic E-state index is 13.3. The Morgan fingerprint density at radius 2 is 1.97 bits per heavy atom. The number of allylic oxidation sites excluding steroid dienone is 3. The number of nitrogens with one attached hydrogen (secondary N) is 2. The minimum Gasteiger partial charge on any atom is -0.362 e. The van der Waals surface area contributed by atoms with Crippen LogP contribution in [0.25, 0.3) is 0 Å². The molecule has 0 saturated carbocycles.